The van der Waals surface area contributed by atoms with E-state index in [-0.39, 0.29) is 6.61 Å². The van der Waals surface area contributed by atoms with Gasteiger partial charge in [0.2, 0.25) is 6.10 Å². The summed E-state index contributed by atoms with van der Waals surface area (Å²) in [6, 6.07) is 24.0. The molecule has 3 aromatic rings. The molecule has 2 aliphatic heterocycles. The van der Waals surface area contributed by atoms with Crippen LogP contribution in [-0.4, -0.2) is 35.6 Å². The molecular formula is C24H19N3O5. The predicted octanol–water partition coefficient (Wildman–Crippen LogP) is 2.35. The number of imide groups is 1. The number of ether oxygens (including phenoxy) is 2. The monoisotopic (exact) mass is 429 g/mol. The van der Waals surface area contributed by atoms with E-state index in [9.17, 15) is 14.4 Å². The number of hydrogen-bond acceptors (Lipinski definition) is 5. The van der Waals surface area contributed by atoms with Gasteiger partial charge in [0, 0.05) is 0 Å². The molecule has 160 valence electrons. The Morgan fingerprint density at radius 1 is 0.875 bits per heavy atom. The Balaban J connectivity index is 1.43. The number of amides is 4. The normalized spacial score (nSPS) is 18.8. The van der Waals surface area contributed by atoms with Crippen LogP contribution in [0.15, 0.2) is 84.9 Å². The largest absolute Gasteiger partial charge is 0.485 e. The summed E-state index contributed by atoms with van der Waals surface area (Å²) in [6.07, 6.45) is -1.02. The quantitative estimate of drug-likeness (QED) is 0.621. The lowest BCUT2D eigenvalue weighted by atomic mass is 9.83. The van der Waals surface area contributed by atoms with Crippen LogP contribution in [0.25, 0.3) is 0 Å². The summed E-state index contributed by atoms with van der Waals surface area (Å²) in [6.45, 7) is -0.0466. The van der Waals surface area contributed by atoms with Gasteiger partial charge in [-0.2, -0.15) is 5.01 Å². The second-order valence-corrected chi connectivity index (χ2v) is 7.39. The fourth-order valence-corrected chi connectivity index (χ4v) is 3.90. The van der Waals surface area contributed by atoms with Crippen LogP contribution < -0.4 is 20.2 Å². The first-order valence-electron chi connectivity index (χ1n) is 10.1. The molecule has 32 heavy (non-hydrogen) atoms. The number of nitrogens with one attached hydrogen (secondary N) is 2. The van der Waals surface area contributed by atoms with Crippen molar-refractivity contribution >= 4 is 17.8 Å². The third-order valence-corrected chi connectivity index (χ3v) is 5.46. The minimum atomic E-state index is -1.47. The number of rotatable bonds is 4. The van der Waals surface area contributed by atoms with E-state index in [1.54, 1.807) is 72.8 Å². The molecule has 1 atom stereocenters. The zero-order valence-corrected chi connectivity index (χ0v) is 16.9. The van der Waals surface area contributed by atoms with E-state index in [2.05, 4.69) is 10.7 Å². The van der Waals surface area contributed by atoms with Crippen molar-refractivity contribution in [2.75, 3.05) is 6.61 Å². The Labute approximate surface area is 183 Å². The van der Waals surface area contributed by atoms with Crippen molar-refractivity contribution in [2.45, 2.75) is 11.6 Å². The molecule has 2 aliphatic rings. The maximum absolute atomic E-state index is 13.6. The van der Waals surface area contributed by atoms with Crippen LogP contribution in [0.2, 0.25) is 0 Å². The Hall–Kier alpha value is -4.33. The summed E-state index contributed by atoms with van der Waals surface area (Å²) in [5.41, 5.74) is 2.08. The van der Waals surface area contributed by atoms with Crippen molar-refractivity contribution in [3.8, 4) is 11.5 Å². The predicted molar refractivity (Wildman–Crippen MR) is 114 cm³/mol. The molecule has 1 fully saturated rings. The molecule has 0 aromatic heterocycles. The van der Waals surface area contributed by atoms with Gasteiger partial charge < -0.3 is 14.8 Å². The van der Waals surface area contributed by atoms with E-state index in [4.69, 9.17) is 9.47 Å². The number of nitrogens with zero attached hydrogens (tertiary/aromatic N) is 1. The highest BCUT2D eigenvalue weighted by Crippen LogP contribution is 2.35. The number of carbonyl (C=O) groups is 3. The zero-order chi connectivity index (χ0) is 22.1. The second-order valence-electron chi connectivity index (χ2n) is 7.39. The number of hydrogen-bond donors (Lipinski definition) is 2. The van der Waals surface area contributed by atoms with Crippen LogP contribution in [-0.2, 0) is 15.1 Å². The topological polar surface area (TPSA) is 97.0 Å². The lowest BCUT2D eigenvalue weighted by molar-refractivity contribution is -0.142. The molecule has 2 N–H and O–H groups in total. The third-order valence-electron chi connectivity index (χ3n) is 5.46. The highest BCUT2D eigenvalue weighted by molar-refractivity contribution is 6.10. The van der Waals surface area contributed by atoms with Gasteiger partial charge in [0.05, 0.1) is 0 Å². The fourth-order valence-electron chi connectivity index (χ4n) is 3.90. The standard InChI is InChI=1S/C24H19N3O5/c28-21(20-15-31-18-13-7-8-14-19(18)32-20)26-27-22(29)24(25-23(27)30,16-9-3-1-4-10-16)17-11-5-2-6-12-17/h1-14,20H,15H2,(H,25,30)(H,26,28). The molecule has 0 bridgehead atoms. The molecule has 0 radical (unpaired) electrons. The molecule has 5 rings (SSSR count). The molecular weight excluding hydrogens is 410 g/mol. The number of urea groups is 1. The van der Waals surface area contributed by atoms with Crippen molar-refractivity contribution < 1.29 is 23.9 Å². The van der Waals surface area contributed by atoms with Crippen LogP contribution in [0, 0.1) is 0 Å². The maximum Gasteiger partial charge on any atom is 0.344 e. The Morgan fingerprint density at radius 2 is 1.44 bits per heavy atom. The summed E-state index contributed by atoms with van der Waals surface area (Å²) in [5.74, 6) is -0.344. The summed E-state index contributed by atoms with van der Waals surface area (Å²) in [7, 11) is 0. The van der Waals surface area contributed by atoms with Crippen LogP contribution in [0.1, 0.15) is 11.1 Å². The van der Waals surface area contributed by atoms with Gasteiger partial charge in [-0.25, -0.2) is 4.79 Å². The average molecular weight is 429 g/mol. The lowest BCUT2D eigenvalue weighted by Gasteiger charge is -2.29. The van der Waals surface area contributed by atoms with Crippen molar-refractivity contribution in [3.63, 3.8) is 0 Å². The molecule has 3 aromatic carbocycles. The van der Waals surface area contributed by atoms with E-state index in [1.807, 2.05) is 12.1 Å². The third kappa shape index (κ3) is 3.13. The molecule has 8 heteroatoms. The van der Waals surface area contributed by atoms with Gasteiger partial charge >= 0.3 is 6.03 Å². The summed E-state index contributed by atoms with van der Waals surface area (Å²) in [4.78, 5) is 39.3. The number of carbonyl (C=O) groups excluding carboxylic acids is 3. The van der Waals surface area contributed by atoms with E-state index >= 15 is 0 Å². The van der Waals surface area contributed by atoms with Crippen molar-refractivity contribution in [1.29, 1.82) is 0 Å². The molecule has 4 amide bonds. The smallest absolute Gasteiger partial charge is 0.344 e. The SMILES string of the molecule is O=C(NN1C(=O)NC(c2ccccc2)(c2ccccc2)C1=O)C1COc2ccccc2O1. The van der Waals surface area contributed by atoms with Crippen LogP contribution >= 0.6 is 0 Å². The number of fused-ring (bicyclic) bond motifs is 1. The first-order chi connectivity index (χ1) is 15.6. The molecule has 8 nitrogen and oxygen atoms in total. The average Bonchev–Trinajstić information content (AvgIpc) is 3.10. The van der Waals surface area contributed by atoms with E-state index in [0.29, 0.717) is 27.6 Å². The number of hydrazine groups is 1. The van der Waals surface area contributed by atoms with Crippen LogP contribution in [0.4, 0.5) is 4.79 Å². The van der Waals surface area contributed by atoms with Crippen LogP contribution in [0.3, 0.4) is 0 Å². The summed E-state index contributed by atoms with van der Waals surface area (Å²) in [5, 5.41) is 3.48. The molecule has 1 saturated heterocycles. The van der Waals surface area contributed by atoms with Gasteiger partial charge in [0.15, 0.2) is 17.0 Å². The first kappa shape index (κ1) is 19.6. The minimum absolute atomic E-state index is 0.0466. The second kappa shape index (κ2) is 7.73. The van der Waals surface area contributed by atoms with E-state index in [1.165, 1.54) is 0 Å². The highest BCUT2D eigenvalue weighted by atomic mass is 16.6. The molecule has 0 aliphatic carbocycles. The summed E-state index contributed by atoms with van der Waals surface area (Å²) >= 11 is 0. The molecule has 2 heterocycles. The zero-order valence-electron chi connectivity index (χ0n) is 16.9. The van der Waals surface area contributed by atoms with Gasteiger partial charge in [-0.05, 0) is 23.3 Å². The summed E-state index contributed by atoms with van der Waals surface area (Å²) < 4.78 is 11.3. The van der Waals surface area contributed by atoms with E-state index in [0.717, 1.165) is 0 Å². The minimum Gasteiger partial charge on any atom is -0.485 e. The number of para-hydroxylation sites is 2. The number of benzene rings is 3. The maximum atomic E-state index is 13.6. The molecule has 1 unspecified atom stereocenters. The van der Waals surface area contributed by atoms with Crippen LogP contribution in [0.5, 0.6) is 11.5 Å². The Kier molecular flexibility index (Phi) is 4.74. The van der Waals surface area contributed by atoms with Gasteiger partial charge in [-0.3, -0.25) is 15.0 Å². The Bertz CT molecular complexity index is 1140. The van der Waals surface area contributed by atoms with Gasteiger partial charge in [0.25, 0.3) is 11.8 Å². The highest BCUT2D eigenvalue weighted by Gasteiger charge is 2.55. The van der Waals surface area contributed by atoms with Gasteiger partial charge in [-0.15, -0.1) is 0 Å². The lowest BCUT2D eigenvalue weighted by Crippen LogP contribution is -2.54. The van der Waals surface area contributed by atoms with Gasteiger partial charge in [-0.1, -0.05) is 72.8 Å². The van der Waals surface area contributed by atoms with E-state index < -0.39 is 29.5 Å². The fraction of sp³-hybridized carbons (Fsp3) is 0.125. The van der Waals surface area contributed by atoms with Crippen molar-refractivity contribution in [2.24, 2.45) is 0 Å². The molecule has 0 saturated carbocycles. The molecule has 0 spiro atoms. The van der Waals surface area contributed by atoms with Crippen molar-refractivity contribution in [3.05, 3.63) is 96.1 Å². The Morgan fingerprint density at radius 3 is 2.06 bits per heavy atom. The first-order valence-corrected chi connectivity index (χ1v) is 10.1. The van der Waals surface area contributed by atoms with Crippen molar-refractivity contribution in [1.82, 2.24) is 15.8 Å². The van der Waals surface area contributed by atoms with Gasteiger partial charge in [0.1, 0.15) is 6.61 Å².